The van der Waals surface area contributed by atoms with Crippen molar-refractivity contribution in [3.63, 3.8) is 0 Å². The Labute approximate surface area is 74.3 Å². The minimum absolute atomic E-state index is 0.0730. The van der Waals surface area contributed by atoms with Crippen LogP contribution < -0.4 is 0 Å². The molecular weight excluding hydrogens is 334 g/mol. The van der Waals surface area contributed by atoms with E-state index in [1.165, 1.54) is 0 Å². The summed E-state index contributed by atoms with van der Waals surface area (Å²) < 4.78 is 0.733. The van der Waals surface area contributed by atoms with E-state index in [0.717, 1.165) is 0 Å². The average molecular weight is 338 g/mol. The molecule has 1 aliphatic carbocycles. The fourth-order valence-electron chi connectivity index (χ4n) is 0.512. The van der Waals surface area contributed by atoms with Crippen molar-refractivity contribution in [2.75, 3.05) is 0 Å². The Bertz CT molecular complexity index is 117. The second kappa shape index (κ2) is 2.28. The van der Waals surface area contributed by atoms with Crippen molar-refractivity contribution in [3.05, 3.63) is 0 Å². The molecule has 4 heteroatoms. The summed E-state index contributed by atoms with van der Waals surface area (Å²) in [5, 5.41) is 8.38. The van der Waals surface area contributed by atoms with E-state index < -0.39 is 5.97 Å². The molecule has 1 N–H and O–H groups in total. The molecule has 2 nitrogen and oxygen atoms in total. The third-order valence-electron chi connectivity index (χ3n) is 1.13. The Morgan fingerprint density at radius 2 is 1.75 bits per heavy atom. The molecule has 0 heterocycles. The van der Waals surface area contributed by atoms with Crippen LogP contribution in [-0.4, -0.2) is 18.9 Å². The second-order valence-corrected chi connectivity index (χ2v) is 4.63. The van der Waals surface area contributed by atoms with Crippen molar-refractivity contribution < 1.29 is 9.90 Å². The van der Waals surface area contributed by atoms with Gasteiger partial charge in [-0.3, -0.25) is 4.79 Å². The highest BCUT2D eigenvalue weighted by atomic mass is 127. The molecule has 8 heavy (non-hydrogen) atoms. The summed E-state index contributed by atoms with van der Waals surface area (Å²) >= 11 is 4.34. The third kappa shape index (κ3) is 1.09. The van der Waals surface area contributed by atoms with Crippen LogP contribution in [0.2, 0.25) is 0 Å². The van der Waals surface area contributed by atoms with Gasteiger partial charge in [-0.25, -0.2) is 0 Å². The summed E-state index contributed by atoms with van der Waals surface area (Å²) in [7, 11) is 0. The number of rotatable bonds is 1. The van der Waals surface area contributed by atoms with Crippen LogP contribution >= 0.6 is 45.2 Å². The largest absolute Gasteiger partial charge is 0.481 e. The molecule has 0 aliphatic heterocycles. The lowest BCUT2D eigenvalue weighted by atomic mass is 10.5. The van der Waals surface area contributed by atoms with Gasteiger partial charge in [0.25, 0.3) is 0 Å². The van der Waals surface area contributed by atoms with Crippen molar-refractivity contribution in [1.29, 1.82) is 0 Å². The molecule has 1 fully saturated rings. The molecular formula is C4H4I2O2. The first kappa shape index (κ1) is 7.04. The maximum atomic E-state index is 10.2. The van der Waals surface area contributed by atoms with Gasteiger partial charge in [0.1, 0.15) is 0 Å². The highest BCUT2D eigenvalue weighted by Crippen LogP contribution is 2.45. The van der Waals surface area contributed by atoms with Gasteiger partial charge in [-0.1, -0.05) is 45.2 Å². The van der Waals surface area contributed by atoms with E-state index >= 15 is 0 Å². The van der Waals surface area contributed by atoms with Gasteiger partial charge in [-0.15, -0.1) is 0 Å². The highest BCUT2D eigenvalue weighted by molar-refractivity contribution is 14.1. The molecule has 1 aliphatic rings. The van der Waals surface area contributed by atoms with Crippen molar-refractivity contribution in [2.45, 2.75) is 7.85 Å². The zero-order valence-corrected chi connectivity index (χ0v) is 8.16. The first-order chi connectivity index (χ1) is 3.64. The molecule has 0 aromatic heterocycles. The number of alkyl halides is 2. The highest BCUT2D eigenvalue weighted by Gasteiger charge is 2.51. The quantitative estimate of drug-likeness (QED) is 0.578. The smallest absolute Gasteiger partial charge is 0.308 e. The maximum absolute atomic E-state index is 10.2. The summed E-state index contributed by atoms with van der Waals surface area (Å²) in [5.74, 6) is -0.722. The molecule has 1 rings (SSSR count). The van der Waals surface area contributed by atoms with E-state index in [1.54, 1.807) is 0 Å². The molecule has 0 bridgehead atoms. The van der Waals surface area contributed by atoms with Crippen molar-refractivity contribution in [1.82, 2.24) is 0 Å². The SMILES string of the molecule is O=C(O)C1C(I)[C@H]1I. The van der Waals surface area contributed by atoms with Crippen molar-refractivity contribution in [2.24, 2.45) is 5.92 Å². The molecule has 0 amide bonds. The number of carboxylic acid groups (broad SMARTS) is 1. The lowest BCUT2D eigenvalue weighted by molar-refractivity contribution is -0.138. The number of hydrogen-bond donors (Lipinski definition) is 1. The molecule has 0 aromatic carbocycles. The Hall–Kier alpha value is 0.930. The van der Waals surface area contributed by atoms with Crippen molar-refractivity contribution >= 4 is 51.2 Å². The molecule has 0 saturated heterocycles. The second-order valence-electron chi connectivity index (χ2n) is 1.75. The van der Waals surface area contributed by atoms with E-state index in [-0.39, 0.29) is 5.92 Å². The van der Waals surface area contributed by atoms with E-state index in [2.05, 4.69) is 45.2 Å². The van der Waals surface area contributed by atoms with Gasteiger partial charge >= 0.3 is 5.97 Å². The van der Waals surface area contributed by atoms with E-state index in [0.29, 0.717) is 7.85 Å². The maximum Gasteiger partial charge on any atom is 0.308 e. The van der Waals surface area contributed by atoms with Crippen LogP contribution in [0.3, 0.4) is 0 Å². The summed E-state index contributed by atoms with van der Waals surface area (Å²) in [6, 6.07) is 0. The topological polar surface area (TPSA) is 37.3 Å². The van der Waals surface area contributed by atoms with Gasteiger partial charge in [-0.05, 0) is 0 Å². The van der Waals surface area contributed by atoms with Gasteiger partial charge in [0.15, 0.2) is 0 Å². The fourth-order valence-corrected chi connectivity index (χ4v) is 3.23. The Balaban J connectivity index is 2.44. The zero-order chi connectivity index (χ0) is 6.31. The summed E-state index contributed by atoms with van der Waals surface area (Å²) in [5.41, 5.74) is 0. The van der Waals surface area contributed by atoms with E-state index in [9.17, 15) is 4.79 Å². The van der Waals surface area contributed by atoms with E-state index in [1.807, 2.05) is 0 Å². The predicted molar refractivity (Wildman–Crippen MR) is 46.7 cm³/mol. The van der Waals surface area contributed by atoms with Gasteiger partial charge in [0.05, 0.1) is 5.92 Å². The molecule has 46 valence electrons. The van der Waals surface area contributed by atoms with Crippen LogP contribution in [0.5, 0.6) is 0 Å². The summed E-state index contributed by atoms with van der Waals surface area (Å²) in [4.78, 5) is 10.2. The molecule has 3 atom stereocenters. The number of hydrogen-bond acceptors (Lipinski definition) is 1. The first-order valence-corrected chi connectivity index (χ1v) is 4.64. The molecule has 2 unspecified atom stereocenters. The molecule has 1 saturated carbocycles. The number of aliphatic carboxylic acids is 1. The van der Waals surface area contributed by atoms with Crippen LogP contribution in [0.4, 0.5) is 0 Å². The normalized spacial score (nSPS) is 44.0. The monoisotopic (exact) mass is 338 g/mol. The minimum atomic E-state index is -0.649. The first-order valence-electron chi connectivity index (χ1n) is 2.15. The summed E-state index contributed by atoms with van der Waals surface area (Å²) in [6.45, 7) is 0. The zero-order valence-electron chi connectivity index (χ0n) is 3.84. The van der Waals surface area contributed by atoms with Crippen LogP contribution in [-0.2, 0) is 4.79 Å². The Morgan fingerprint density at radius 1 is 1.38 bits per heavy atom. The van der Waals surface area contributed by atoms with Crippen LogP contribution in [0.15, 0.2) is 0 Å². The van der Waals surface area contributed by atoms with Crippen LogP contribution in [0.25, 0.3) is 0 Å². The van der Waals surface area contributed by atoms with Gasteiger partial charge < -0.3 is 5.11 Å². The summed E-state index contributed by atoms with van der Waals surface area (Å²) in [6.07, 6.45) is 0. The third-order valence-corrected chi connectivity index (χ3v) is 5.61. The minimum Gasteiger partial charge on any atom is -0.481 e. The number of carboxylic acids is 1. The van der Waals surface area contributed by atoms with Crippen molar-refractivity contribution in [3.8, 4) is 0 Å². The molecule has 0 aromatic rings. The lowest BCUT2D eigenvalue weighted by Gasteiger charge is -1.79. The fraction of sp³-hybridized carbons (Fsp3) is 0.750. The number of carbonyl (C=O) groups is 1. The van der Waals surface area contributed by atoms with E-state index in [4.69, 9.17) is 5.11 Å². The standard InChI is InChI=1S/C4H4I2O2/c5-2-1(3(2)6)4(7)8/h1-3H,(H,7,8)/t1?,2-,3?/m0/s1. The van der Waals surface area contributed by atoms with Gasteiger partial charge in [0, 0.05) is 7.85 Å². The predicted octanol–water partition coefficient (Wildman–Crippen LogP) is 1.31. The van der Waals surface area contributed by atoms with Gasteiger partial charge in [0.2, 0.25) is 0 Å². The molecule has 0 radical (unpaired) electrons. The average Bonchev–Trinajstić information content (AvgIpc) is 2.15. The Kier molecular flexibility index (Phi) is 2.01. The Morgan fingerprint density at radius 3 is 1.75 bits per heavy atom. The van der Waals surface area contributed by atoms with Crippen LogP contribution in [0.1, 0.15) is 0 Å². The lowest BCUT2D eigenvalue weighted by Crippen LogP contribution is -1.99. The molecule has 0 spiro atoms. The van der Waals surface area contributed by atoms with Crippen LogP contribution in [0, 0.1) is 5.92 Å². The number of halogens is 2. The van der Waals surface area contributed by atoms with Gasteiger partial charge in [-0.2, -0.15) is 0 Å².